The van der Waals surface area contributed by atoms with E-state index in [-0.39, 0.29) is 10.6 Å². The molecule has 0 saturated carbocycles. The van der Waals surface area contributed by atoms with Gasteiger partial charge < -0.3 is 0 Å². The number of rotatable bonds is 3. The molecule has 0 saturated heterocycles. The van der Waals surface area contributed by atoms with Crippen LogP contribution in [0, 0.1) is 3.57 Å². The molecule has 0 fully saturated rings. The molecule has 0 bridgehead atoms. The number of ketones is 1. The van der Waals surface area contributed by atoms with E-state index in [1.54, 1.807) is 18.7 Å². The smallest absolute Gasteiger partial charge is 0.147 e. The summed E-state index contributed by atoms with van der Waals surface area (Å²) in [5, 5.41) is 0. The normalized spacial score (nSPS) is 12.6. The molecule has 1 nitrogen and oxygen atoms in total. The number of carbonyl (C=O) groups is 1. The van der Waals surface area contributed by atoms with Crippen LogP contribution in [-0.4, -0.2) is 12.0 Å². The maximum absolute atomic E-state index is 11.2. The lowest BCUT2D eigenvalue weighted by molar-refractivity contribution is -0.116. The molecule has 0 radical (unpaired) electrons. The lowest BCUT2D eigenvalue weighted by atomic mass is 10.1. The van der Waals surface area contributed by atoms with Crippen molar-refractivity contribution < 1.29 is 4.79 Å². The number of alkyl halides is 1. The van der Waals surface area contributed by atoms with Gasteiger partial charge in [-0.1, -0.05) is 22.0 Å². The number of halogens is 2. The SMILES string of the molecule is CSc1cc(C(Br)C(C)=O)ccc1I. The molecule has 0 N–H and O–H groups in total. The summed E-state index contributed by atoms with van der Waals surface area (Å²) in [6, 6.07) is 6.09. The Balaban J connectivity index is 3.06. The van der Waals surface area contributed by atoms with E-state index in [9.17, 15) is 4.79 Å². The summed E-state index contributed by atoms with van der Waals surface area (Å²) in [4.78, 5) is 12.2. The number of Topliss-reactive ketones (excluding diaryl/α,β-unsaturated/α-hetero) is 1. The van der Waals surface area contributed by atoms with Crippen LogP contribution in [0.5, 0.6) is 0 Å². The number of benzene rings is 1. The fourth-order valence-corrected chi connectivity index (χ4v) is 2.87. The van der Waals surface area contributed by atoms with E-state index in [0.29, 0.717) is 0 Å². The van der Waals surface area contributed by atoms with E-state index in [0.717, 1.165) is 5.56 Å². The number of carbonyl (C=O) groups excluding carboxylic acids is 1. The molecular formula is C10H10BrIOS. The third-order valence-corrected chi connectivity index (χ3v) is 5.08. The van der Waals surface area contributed by atoms with Crippen LogP contribution in [0.25, 0.3) is 0 Å². The highest BCUT2D eigenvalue weighted by Gasteiger charge is 2.13. The van der Waals surface area contributed by atoms with Gasteiger partial charge in [0.15, 0.2) is 0 Å². The topological polar surface area (TPSA) is 17.1 Å². The molecule has 0 aliphatic heterocycles. The average Bonchev–Trinajstić information content (AvgIpc) is 2.17. The van der Waals surface area contributed by atoms with Crippen LogP contribution in [0.15, 0.2) is 23.1 Å². The van der Waals surface area contributed by atoms with Crippen LogP contribution < -0.4 is 0 Å². The first-order chi connectivity index (χ1) is 6.56. The molecular weight excluding hydrogens is 375 g/mol. The summed E-state index contributed by atoms with van der Waals surface area (Å²) in [6.45, 7) is 1.59. The predicted octanol–water partition coefficient (Wildman–Crippen LogP) is 4.04. The molecule has 0 aliphatic carbocycles. The van der Waals surface area contributed by atoms with Crippen LogP contribution in [-0.2, 0) is 4.79 Å². The van der Waals surface area contributed by atoms with Gasteiger partial charge in [0.2, 0.25) is 0 Å². The quantitative estimate of drug-likeness (QED) is 0.444. The lowest BCUT2D eigenvalue weighted by Gasteiger charge is -2.08. The van der Waals surface area contributed by atoms with Crippen molar-refractivity contribution in [2.45, 2.75) is 16.6 Å². The summed E-state index contributed by atoms with van der Waals surface area (Å²) >= 11 is 7.37. The molecule has 76 valence electrons. The van der Waals surface area contributed by atoms with E-state index in [2.05, 4.69) is 44.6 Å². The maximum atomic E-state index is 11.2. The molecule has 1 rings (SSSR count). The van der Waals surface area contributed by atoms with Crippen LogP contribution in [0.2, 0.25) is 0 Å². The molecule has 1 unspecified atom stereocenters. The van der Waals surface area contributed by atoms with Crippen molar-refractivity contribution >= 4 is 56.1 Å². The van der Waals surface area contributed by atoms with Gasteiger partial charge in [0.05, 0.1) is 4.83 Å². The van der Waals surface area contributed by atoms with Gasteiger partial charge in [0, 0.05) is 8.47 Å². The van der Waals surface area contributed by atoms with Gasteiger partial charge in [-0.05, 0) is 53.5 Å². The average molecular weight is 385 g/mol. The first kappa shape index (κ1) is 12.5. The highest BCUT2D eigenvalue weighted by atomic mass is 127. The Hall–Kier alpha value is 0.450. The zero-order valence-corrected chi connectivity index (χ0v) is 12.4. The Morgan fingerprint density at radius 2 is 2.21 bits per heavy atom. The molecule has 0 spiro atoms. The second-order valence-electron chi connectivity index (χ2n) is 2.87. The summed E-state index contributed by atoms with van der Waals surface area (Å²) in [6.07, 6.45) is 2.04. The van der Waals surface area contributed by atoms with Crippen molar-refractivity contribution in [3.8, 4) is 0 Å². The highest BCUT2D eigenvalue weighted by Crippen LogP contribution is 2.30. The molecule has 0 aromatic heterocycles. The van der Waals surface area contributed by atoms with E-state index in [1.807, 2.05) is 18.4 Å². The third kappa shape index (κ3) is 2.97. The number of thioether (sulfide) groups is 1. The molecule has 4 heteroatoms. The second-order valence-corrected chi connectivity index (χ2v) is 5.79. The van der Waals surface area contributed by atoms with Crippen molar-refractivity contribution in [1.82, 2.24) is 0 Å². The second kappa shape index (κ2) is 5.51. The Labute approximate surface area is 110 Å². The van der Waals surface area contributed by atoms with Crippen molar-refractivity contribution in [3.63, 3.8) is 0 Å². The maximum Gasteiger partial charge on any atom is 0.147 e. The first-order valence-electron chi connectivity index (χ1n) is 4.04. The van der Waals surface area contributed by atoms with Crippen molar-refractivity contribution in [3.05, 3.63) is 27.3 Å². The molecule has 0 amide bonds. The van der Waals surface area contributed by atoms with Gasteiger partial charge in [-0.2, -0.15) is 0 Å². The summed E-state index contributed by atoms with van der Waals surface area (Å²) in [5.74, 6) is 0.137. The minimum absolute atomic E-state index is 0.137. The molecule has 0 aliphatic rings. The summed E-state index contributed by atoms with van der Waals surface area (Å²) in [7, 11) is 0. The van der Waals surface area contributed by atoms with Gasteiger partial charge in [-0.3, -0.25) is 4.79 Å². The number of hydrogen-bond acceptors (Lipinski definition) is 2. The van der Waals surface area contributed by atoms with Gasteiger partial charge in [-0.25, -0.2) is 0 Å². The van der Waals surface area contributed by atoms with Crippen LogP contribution in [0.1, 0.15) is 17.3 Å². The third-order valence-electron chi connectivity index (χ3n) is 1.82. The highest BCUT2D eigenvalue weighted by molar-refractivity contribution is 14.1. The van der Waals surface area contributed by atoms with Gasteiger partial charge >= 0.3 is 0 Å². The Morgan fingerprint density at radius 3 is 2.71 bits per heavy atom. The van der Waals surface area contributed by atoms with E-state index in [1.165, 1.54) is 8.47 Å². The van der Waals surface area contributed by atoms with E-state index < -0.39 is 0 Å². The predicted molar refractivity (Wildman–Crippen MR) is 73.3 cm³/mol. The minimum Gasteiger partial charge on any atom is -0.298 e. The van der Waals surface area contributed by atoms with Crippen LogP contribution >= 0.6 is 50.3 Å². The van der Waals surface area contributed by atoms with Gasteiger partial charge in [-0.15, -0.1) is 11.8 Å². The fraction of sp³-hybridized carbons (Fsp3) is 0.300. The Bertz CT molecular complexity index is 354. The van der Waals surface area contributed by atoms with E-state index in [4.69, 9.17) is 0 Å². The molecule has 1 aromatic rings. The number of hydrogen-bond donors (Lipinski definition) is 0. The Morgan fingerprint density at radius 1 is 1.57 bits per heavy atom. The lowest BCUT2D eigenvalue weighted by Crippen LogP contribution is -2.01. The fourth-order valence-electron chi connectivity index (χ4n) is 1.07. The monoisotopic (exact) mass is 384 g/mol. The van der Waals surface area contributed by atoms with E-state index >= 15 is 0 Å². The molecule has 1 atom stereocenters. The van der Waals surface area contributed by atoms with Crippen LogP contribution in [0.4, 0.5) is 0 Å². The summed E-state index contributed by atoms with van der Waals surface area (Å²) < 4.78 is 1.22. The molecule has 0 heterocycles. The summed E-state index contributed by atoms with van der Waals surface area (Å²) in [5.41, 5.74) is 1.03. The molecule has 14 heavy (non-hydrogen) atoms. The van der Waals surface area contributed by atoms with Crippen LogP contribution in [0.3, 0.4) is 0 Å². The van der Waals surface area contributed by atoms with Gasteiger partial charge in [0.1, 0.15) is 5.78 Å². The zero-order valence-electron chi connectivity index (χ0n) is 7.88. The minimum atomic E-state index is -0.176. The standard InChI is InChI=1S/C10H10BrIOS/c1-6(13)10(11)7-3-4-8(12)9(5-7)14-2/h3-5,10H,1-2H3. The van der Waals surface area contributed by atoms with Gasteiger partial charge in [0.25, 0.3) is 0 Å². The zero-order chi connectivity index (χ0) is 10.7. The molecule has 1 aromatic carbocycles. The van der Waals surface area contributed by atoms with Crippen molar-refractivity contribution in [1.29, 1.82) is 0 Å². The van der Waals surface area contributed by atoms with Crippen molar-refractivity contribution in [2.75, 3.05) is 6.26 Å². The van der Waals surface area contributed by atoms with Crippen molar-refractivity contribution in [2.24, 2.45) is 0 Å². The first-order valence-corrected chi connectivity index (χ1v) is 7.26. The Kier molecular flexibility index (Phi) is 4.93. The largest absolute Gasteiger partial charge is 0.298 e.